The van der Waals surface area contributed by atoms with Crippen LogP contribution in [0.25, 0.3) is 10.2 Å². The van der Waals surface area contributed by atoms with Crippen LogP contribution in [-0.4, -0.2) is 33.6 Å². The van der Waals surface area contributed by atoms with E-state index in [1.165, 1.54) is 11.2 Å². The first-order valence-corrected chi connectivity index (χ1v) is 7.46. The minimum Gasteiger partial charge on any atom is -0.480 e. The summed E-state index contributed by atoms with van der Waals surface area (Å²) in [6.07, 6.45) is 2.38. The molecule has 5 nitrogen and oxygen atoms in total. The molecule has 0 fully saturated rings. The molecule has 0 aliphatic heterocycles. The van der Waals surface area contributed by atoms with Crippen molar-refractivity contribution in [3.8, 4) is 0 Å². The van der Waals surface area contributed by atoms with Gasteiger partial charge >= 0.3 is 5.97 Å². The van der Waals surface area contributed by atoms with Crippen LogP contribution in [0, 0.1) is 13.8 Å². The van der Waals surface area contributed by atoms with E-state index >= 15 is 0 Å². The van der Waals surface area contributed by atoms with Gasteiger partial charge in [-0.3, -0.25) is 4.79 Å². The van der Waals surface area contributed by atoms with E-state index in [1.54, 1.807) is 11.3 Å². The number of carboxylic acids is 1. The lowest BCUT2D eigenvalue weighted by atomic mass is 10.1. The third-order valence-corrected chi connectivity index (χ3v) is 4.76. The Bertz CT molecular complexity index is 639. The van der Waals surface area contributed by atoms with Gasteiger partial charge in [0.05, 0.1) is 5.39 Å². The number of carboxylic acid groups (broad SMARTS) is 1. The SMILES string of the molecule is CCC(C)N(CC(=O)O)c1ncnc2sc(C)c(C)c12. The highest BCUT2D eigenvalue weighted by Gasteiger charge is 2.22. The lowest BCUT2D eigenvalue weighted by Crippen LogP contribution is -2.37. The predicted molar refractivity (Wildman–Crippen MR) is 81.6 cm³/mol. The van der Waals surface area contributed by atoms with Crippen LogP contribution in [0.4, 0.5) is 5.82 Å². The van der Waals surface area contributed by atoms with Crippen molar-refractivity contribution >= 4 is 33.3 Å². The average Bonchev–Trinajstić information content (AvgIpc) is 2.70. The molecular weight excluding hydrogens is 274 g/mol. The molecule has 0 aliphatic carbocycles. The van der Waals surface area contributed by atoms with Crippen LogP contribution in [0.2, 0.25) is 0 Å². The van der Waals surface area contributed by atoms with Gasteiger partial charge in [-0.1, -0.05) is 6.92 Å². The topological polar surface area (TPSA) is 66.3 Å². The van der Waals surface area contributed by atoms with Gasteiger partial charge in [0.15, 0.2) is 0 Å². The van der Waals surface area contributed by atoms with Crippen LogP contribution >= 0.6 is 11.3 Å². The van der Waals surface area contributed by atoms with E-state index in [0.29, 0.717) is 0 Å². The number of aromatic nitrogens is 2. The zero-order valence-corrected chi connectivity index (χ0v) is 13.0. The number of hydrogen-bond acceptors (Lipinski definition) is 5. The lowest BCUT2D eigenvalue weighted by molar-refractivity contribution is -0.135. The first kappa shape index (κ1) is 14.7. The Morgan fingerprint density at radius 3 is 2.75 bits per heavy atom. The summed E-state index contributed by atoms with van der Waals surface area (Å²) in [7, 11) is 0. The van der Waals surface area contributed by atoms with Gasteiger partial charge in [0.1, 0.15) is 23.5 Å². The summed E-state index contributed by atoms with van der Waals surface area (Å²) in [6, 6.07) is 0.115. The number of aliphatic carboxylic acids is 1. The molecule has 0 aliphatic rings. The summed E-state index contributed by atoms with van der Waals surface area (Å²) in [6.45, 7) is 8.11. The van der Waals surface area contributed by atoms with E-state index in [-0.39, 0.29) is 12.6 Å². The fourth-order valence-corrected chi connectivity index (χ4v) is 3.18. The van der Waals surface area contributed by atoms with Crippen molar-refractivity contribution < 1.29 is 9.90 Å². The number of thiophene rings is 1. The summed E-state index contributed by atoms with van der Waals surface area (Å²) in [5.74, 6) is -0.115. The molecule has 0 amide bonds. The molecule has 0 saturated carbocycles. The van der Waals surface area contributed by atoms with Crippen molar-refractivity contribution in [2.45, 2.75) is 40.2 Å². The summed E-state index contributed by atoms with van der Waals surface area (Å²) >= 11 is 1.62. The molecule has 2 aromatic rings. The molecule has 108 valence electrons. The maximum atomic E-state index is 11.1. The normalized spacial score (nSPS) is 12.6. The number of anilines is 1. The van der Waals surface area contributed by atoms with Crippen molar-refractivity contribution in [2.75, 3.05) is 11.4 Å². The van der Waals surface area contributed by atoms with Crippen LogP contribution in [0.3, 0.4) is 0 Å². The minimum atomic E-state index is -0.846. The van der Waals surface area contributed by atoms with Crippen LogP contribution in [0.5, 0.6) is 0 Å². The monoisotopic (exact) mass is 293 g/mol. The van der Waals surface area contributed by atoms with Gasteiger partial charge in [0, 0.05) is 10.9 Å². The minimum absolute atomic E-state index is 0.0462. The smallest absolute Gasteiger partial charge is 0.323 e. The Morgan fingerprint density at radius 1 is 1.45 bits per heavy atom. The molecular formula is C14H19N3O2S. The highest BCUT2D eigenvalue weighted by Crippen LogP contribution is 2.35. The Labute approximate surface area is 122 Å². The van der Waals surface area contributed by atoms with E-state index in [1.807, 2.05) is 25.7 Å². The molecule has 2 rings (SSSR count). The van der Waals surface area contributed by atoms with E-state index in [0.717, 1.165) is 28.0 Å². The second kappa shape index (κ2) is 5.75. The molecule has 0 aromatic carbocycles. The van der Waals surface area contributed by atoms with Crippen LogP contribution in [-0.2, 0) is 4.79 Å². The highest BCUT2D eigenvalue weighted by atomic mass is 32.1. The maximum Gasteiger partial charge on any atom is 0.323 e. The Morgan fingerprint density at radius 2 is 2.15 bits per heavy atom. The number of nitrogens with zero attached hydrogens (tertiary/aromatic N) is 3. The van der Waals surface area contributed by atoms with E-state index in [4.69, 9.17) is 5.11 Å². The van der Waals surface area contributed by atoms with Gasteiger partial charge < -0.3 is 10.0 Å². The first-order valence-electron chi connectivity index (χ1n) is 6.64. The molecule has 1 N–H and O–H groups in total. The standard InChI is InChI=1S/C14H19N3O2S/c1-5-8(2)17(6-11(18)19)13-12-9(3)10(4)20-14(12)16-7-15-13/h7-8H,5-6H2,1-4H3,(H,18,19). The second-order valence-corrected chi connectivity index (χ2v) is 6.14. The van der Waals surface area contributed by atoms with Gasteiger partial charge in [-0.15, -0.1) is 11.3 Å². The quantitative estimate of drug-likeness (QED) is 0.918. The van der Waals surface area contributed by atoms with Crippen molar-refractivity contribution in [1.82, 2.24) is 9.97 Å². The molecule has 2 aromatic heterocycles. The number of carbonyl (C=O) groups is 1. The first-order chi connectivity index (χ1) is 9.45. The predicted octanol–water partition coefficient (Wildman–Crippen LogP) is 3.00. The molecule has 6 heteroatoms. The highest BCUT2D eigenvalue weighted by molar-refractivity contribution is 7.18. The third-order valence-electron chi connectivity index (χ3n) is 3.65. The van der Waals surface area contributed by atoms with E-state index < -0.39 is 5.97 Å². The van der Waals surface area contributed by atoms with Gasteiger partial charge in [-0.25, -0.2) is 9.97 Å². The lowest BCUT2D eigenvalue weighted by Gasteiger charge is -2.28. The van der Waals surface area contributed by atoms with Gasteiger partial charge in [-0.2, -0.15) is 0 Å². The number of hydrogen-bond donors (Lipinski definition) is 1. The Hall–Kier alpha value is -1.69. The summed E-state index contributed by atoms with van der Waals surface area (Å²) in [5.41, 5.74) is 1.14. The van der Waals surface area contributed by atoms with Crippen LogP contribution in [0.1, 0.15) is 30.7 Å². The molecule has 0 radical (unpaired) electrons. The summed E-state index contributed by atoms with van der Waals surface area (Å²) < 4.78 is 0. The van der Waals surface area contributed by atoms with E-state index in [2.05, 4.69) is 16.9 Å². The zero-order valence-electron chi connectivity index (χ0n) is 12.2. The van der Waals surface area contributed by atoms with Gasteiger partial charge in [0.2, 0.25) is 0 Å². The van der Waals surface area contributed by atoms with Crippen LogP contribution < -0.4 is 4.90 Å². The number of fused-ring (bicyclic) bond motifs is 1. The maximum absolute atomic E-state index is 11.1. The molecule has 1 atom stereocenters. The second-order valence-electron chi connectivity index (χ2n) is 4.94. The zero-order chi connectivity index (χ0) is 14.9. The van der Waals surface area contributed by atoms with Gasteiger partial charge in [0.25, 0.3) is 0 Å². The molecule has 20 heavy (non-hydrogen) atoms. The molecule has 2 heterocycles. The van der Waals surface area contributed by atoms with Crippen molar-refractivity contribution in [2.24, 2.45) is 0 Å². The summed E-state index contributed by atoms with van der Waals surface area (Å²) in [5, 5.41) is 10.1. The fourth-order valence-electron chi connectivity index (χ4n) is 2.19. The van der Waals surface area contributed by atoms with Gasteiger partial charge in [-0.05, 0) is 32.8 Å². The molecule has 0 saturated heterocycles. The largest absolute Gasteiger partial charge is 0.480 e. The Balaban J connectivity index is 2.60. The number of aryl methyl sites for hydroxylation is 2. The molecule has 0 spiro atoms. The molecule has 0 bridgehead atoms. The Kier molecular flexibility index (Phi) is 4.23. The van der Waals surface area contributed by atoms with Crippen molar-refractivity contribution in [1.29, 1.82) is 0 Å². The van der Waals surface area contributed by atoms with Crippen LogP contribution in [0.15, 0.2) is 6.33 Å². The average molecular weight is 293 g/mol. The molecule has 1 unspecified atom stereocenters. The fraction of sp³-hybridized carbons (Fsp3) is 0.500. The third kappa shape index (κ3) is 2.60. The number of rotatable bonds is 5. The van der Waals surface area contributed by atoms with E-state index in [9.17, 15) is 4.79 Å². The van der Waals surface area contributed by atoms with Crippen molar-refractivity contribution in [3.63, 3.8) is 0 Å². The summed E-state index contributed by atoms with van der Waals surface area (Å²) in [4.78, 5) is 23.8. The van der Waals surface area contributed by atoms with Crippen molar-refractivity contribution in [3.05, 3.63) is 16.8 Å².